The Kier molecular flexibility index (Phi) is 3.67. The molecular weight excluding hydrogens is 268 g/mol. The van der Waals surface area contributed by atoms with Crippen LogP contribution in [0, 0.1) is 12.7 Å². The maximum Gasteiger partial charge on any atom is 0.497 e. The van der Waals surface area contributed by atoms with E-state index >= 15 is 0 Å². The average Bonchev–Trinajstić information content (AvgIpc) is 2.50. The number of benzene rings is 1. The third-order valence-electron chi connectivity index (χ3n) is 4.02. The van der Waals surface area contributed by atoms with Crippen LogP contribution in [0.25, 0.3) is 0 Å². The van der Waals surface area contributed by atoms with Gasteiger partial charge in [-0.3, -0.25) is 0 Å². The van der Waals surface area contributed by atoms with Crippen LogP contribution >= 0.6 is 0 Å². The minimum atomic E-state index is -2.86. The fraction of sp³-hybridized carbons (Fsp3) is 0.571. The van der Waals surface area contributed by atoms with E-state index in [9.17, 15) is 13.2 Å². The fourth-order valence-corrected chi connectivity index (χ4v) is 2.13. The number of hydrogen-bond donors (Lipinski definition) is 0. The van der Waals surface area contributed by atoms with Gasteiger partial charge in [-0.15, -0.1) is 0 Å². The minimum Gasteiger partial charge on any atom is -0.399 e. The highest BCUT2D eigenvalue weighted by Gasteiger charge is 2.52. The molecule has 110 valence electrons. The molecule has 0 radical (unpaired) electrons. The van der Waals surface area contributed by atoms with Gasteiger partial charge >= 0.3 is 7.12 Å². The van der Waals surface area contributed by atoms with Gasteiger partial charge in [0.05, 0.1) is 16.8 Å². The lowest BCUT2D eigenvalue weighted by Gasteiger charge is -2.32. The first-order valence-corrected chi connectivity index (χ1v) is 6.49. The van der Waals surface area contributed by atoms with Crippen molar-refractivity contribution in [1.29, 1.82) is 0 Å². The third-order valence-corrected chi connectivity index (χ3v) is 4.02. The Morgan fingerprint density at radius 1 is 1.05 bits per heavy atom. The zero-order chi connectivity index (χ0) is 15.3. The van der Waals surface area contributed by atoms with Gasteiger partial charge in [-0.05, 0) is 40.7 Å². The highest BCUT2D eigenvalue weighted by atomic mass is 19.3. The number of rotatable bonds is 2. The Balaban J connectivity index is 2.45. The van der Waals surface area contributed by atoms with Crippen molar-refractivity contribution < 1.29 is 22.5 Å². The lowest BCUT2D eigenvalue weighted by molar-refractivity contribution is 0.00578. The van der Waals surface area contributed by atoms with E-state index in [-0.39, 0.29) is 5.46 Å². The molecule has 0 unspecified atom stereocenters. The molecule has 1 saturated heterocycles. The second-order valence-corrected chi connectivity index (χ2v) is 6.15. The van der Waals surface area contributed by atoms with E-state index in [0.29, 0.717) is 5.56 Å². The van der Waals surface area contributed by atoms with Gasteiger partial charge < -0.3 is 9.31 Å². The van der Waals surface area contributed by atoms with Gasteiger partial charge in [0.25, 0.3) is 6.43 Å². The summed E-state index contributed by atoms with van der Waals surface area (Å²) in [5.41, 5.74) is -1.32. The van der Waals surface area contributed by atoms with Gasteiger partial charge in [-0.2, -0.15) is 0 Å². The Morgan fingerprint density at radius 2 is 1.55 bits per heavy atom. The molecule has 0 N–H and O–H groups in total. The smallest absolute Gasteiger partial charge is 0.399 e. The molecule has 0 amide bonds. The van der Waals surface area contributed by atoms with E-state index in [1.807, 2.05) is 27.7 Å². The molecular formula is C14H18BF3O2. The van der Waals surface area contributed by atoms with Crippen molar-refractivity contribution in [2.24, 2.45) is 0 Å². The maximum absolute atomic E-state index is 14.2. The standard InChI is InChI=1S/C14H18BF3O2/c1-8-6-9(12(17)18)11(16)10(7-8)15-19-13(2,3)14(4,5)20-15/h6-7,12H,1-5H3. The van der Waals surface area contributed by atoms with Crippen LogP contribution in [-0.4, -0.2) is 18.3 Å². The zero-order valence-electron chi connectivity index (χ0n) is 12.3. The van der Waals surface area contributed by atoms with Crippen LogP contribution < -0.4 is 5.46 Å². The van der Waals surface area contributed by atoms with Crippen molar-refractivity contribution in [2.75, 3.05) is 0 Å². The maximum atomic E-state index is 14.2. The lowest BCUT2D eigenvalue weighted by Crippen LogP contribution is -2.41. The summed E-state index contributed by atoms with van der Waals surface area (Å²) < 4.78 is 51.4. The Bertz CT molecular complexity index is 513. The quantitative estimate of drug-likeness (QED) is 0.776. The molecule has 20 heavy (non-hydrogen) atoms. The van der Waals surface area contributed by atoms with E-state index in [1.165, 1.54) is 6.07 Å². The summed E-state index contributed by atoms with van der Waals surface area (Å²) in [6.45, 7) is 8.95. The summed E-state index contributed by atoms with van der Waals surface area (Å²) in [7, 11) is -0.975. The van der Waals surface area contributed by atoms with Gasteiger partial charge in [0.2, 0.25) is 0 Å². The summed E-state index contributed by atoms with van der Waals surface area (Å²) in [6, 6.07) is 2.64. The van der Waals surface area contributed by atoms with Crippen molar-refractivity contribution in [3.05, 3.63) is 29.1 Å². The molecule has 1 aromatic carbocycles. The van der Waals surface area contributed by atoms with Crippen molar-refractivity contribution in [3.63, 3.8) is 0 Å². The van der Waals surface area contributed by atoms with Gasteiger partial charge in [-0.25, -0.2) is 13.2 Å². The molecule has 0 atom stereocenters. The van der Waals surface area contributed by atoms with E-state index in [0.717, 1.165) is 6.07 Å². The Morgan fingerprint density at radius 3 is 2.00 bits per heavy atom. The molecule has 1 aliphatic rings. The number of alkyl halides is 2. The highest BCUT2D eigenvalue weighted by Crippen LogP contribution is 2.37. The van der Waals surface area contributed by atoms with Crippen LogP contribution in [0.5, 0.6) is 0 Å². The summed E-state index contributed by atoms with van der Waals surface area (Å²) >= 11 is 0. The van der Waals surface area contributed by atoms with Gasteiger partial charge in [0.15, 0.2) is 0 Å². The summed E-state index contributed by atoms with van der Waals surface area (Å²) in [5, 5.41) is 0. The van der Waals surface area contributed by atoms with Crippen LogP contribution in [0.3, 0.4) is 0 Å². The average molecular weight is 286 g/mol. The van der Waals surface area contributed by atoms with Gasteiger partial charge in [-0.1, -0.05) is 11.6 Å². The first-order chi connectivity index (χ1) is 9.05. The van der Waals surface area contributed by atoms with Crippen molar-refractivity contribution in [2.45, 2.75) is 52.2 Å². The minimum absolute atomic E-state index is 0.0268. The van der Waals surface area contributed by atoms with Crippen LogP contribution in [-0.2, 0) is 9.31 Å². The molecule has 1 aliphatic heterocycles. The van der Waals surface area contributed by atoms with Crippen molar-refractivity contribution in [1.82, 2.24) is 0 Å². The van der Waals surface area contributed by atoms with Gasteiger partial charge in [0, 0.05) is 5.46 Å². The predicted octanol–water partition coefficient (Wildman–Crippen LogP) is 3.37. The molecule has 0 aromatic heterocycles. The van der Waals surface area contributed by atoms with Crippen LogP contribution in [0.15, 0.2) is 12.1 Å². The number of hydrogen-bond acceptors (Lipinski definition) is 2. The number of halogens is 3. The van der Waals surface area contributed by atoms with E-state index in [4.69, 9.17) is 9.31 Å². The lowest BCUT2D eigenvalue weighted by atomic mass is 9.77. The van der Waals surface area contributed by atoms with Gasteiger partial charge in [0.1, 0.15) is 5.82 Å². The topological polar surface area (TPSA) is 18.5 Å². The van der Waals surface area contributed by atoms with E-state index in [2.05, 4.69) is 0 Å². The first kappa shape index (κ1) is 15.4. The van der Waals surface area contributed by atoms with Crippen molar-refractivity contribution >= 4 is 12.6 Å². The summed E-state index contributed by atoms with van der Waals surface area (Å²) in [4.78, 5) is 0. The molecule has 1 aromatic rings. The normalized spacial score (nSPS) is 20.8. The molecule has 1 heterocycles. The summed E-state index contributed by atoms with van der Waals surface area (Å²) in [6.07, 6.45) is -2.86. The second kappa shape index (κ2) is 4.77. The van der Waals surface area contributed by atoms with E-state index < -0.39 is 36.1 Å². The van der Waals surface area contributed by atoms with Crippen LogP contribution in [0.4, 0.5) is 13.2 Å². The molecule has 6 heteroatoms. The fourth-order valence-electron chi connectivity index (χ4n) is 2.13. The first-order valence-electron chi connectivity index (χ1n) is 6.49. The third kappa shape index (κ3) is 2.47. The number of aryl methyl sites for hydroxylation is 1. The zero-order valence-corrected chi connectivity index (χ0v) is 12.3. The second-order valence-electron chi connectivity index (χ2n) is 6.15. The van der Waals surface area contributed by atoms with Crippen molar-refractivity contribution in [3.8, 4) is 0 Å². The molecule has 0 aliphatic carbocycles. The van der Waals surface area contributed by atoms with Crippen LogP contribution in [0.2, 0.25) is 0 Å². The predicted molar refractivity (Wildman–Crippen MR) is 71.8 cm³/mol. The molecule has 2 nitrogen and oxygen atoms in total. The largest absolute Gasteiger partial charge is 0.497 e. The monoisotopic (exact) mass is 286 g/mol. The molecule has 0 saturated carbocycles. The highest BCUT2D eigenvalue weighted by molar-refractivity contribution is 6.62. The molecule has 0 spiro atoms. The van der Waals surface area contributed by atoms with E-state index in [1.54, 1.807) is 6.92 Å². The Hall–Kier alpha value is -1.01. The Labute approximate surface area is 117 Å². The summed E-state index contributed by atoms with van der Waals surface area (Å²) in [5.74, 6) is -0.955. The molecule has 0 bridgehead atoms. The van der Waals surface area contributed by atoms with Crippen LogP contribution in [0.1, 0.15) is 45.2 Å². The molecule has 1 fully saturated rings. The SMILES string of the molecule is Cc1cc(B2OC(C)(C)C(C)(C)O2)c(F)c(C(F)F)c1. The molecule has 2 rings (SSSR count).